The molecule has 1 aliphatic rings. The fraction of sp³-hybridized carbons (Fsp3) is 0.611. The van der Waals surface area contributed by atoms with Gasteiger partial charge in [0.25, 0.3) is 0 Å². The lowest BCUT2D eigenvalue weighted by Crippen LogP contribution is -2.37. The van der Waals surface area contributed by atoms with E-state index < -0.39 is 0 Å². The van der Waals surface area contributed by atoms with E-state index in [-0.39, 0.29) is 18.2 Å². The van der Waals surface area contributed by atoms with E-state index in [1.807, 2.05) is 0 Å². The van der Waals surface area contributed by atoms with Crippen molar-refractivity contribution >= 4 is 18.2 Å². The van der Waals surface area contributed by atoms with Gasteiger partial charge in [-0.1, -0.05) is 0 Å². The highest BCUT2D eigenvalue weighted by atomic mass is 35.5. The number of rotatable bonds is 4. The summed E-state index contributed by atoms with van der Waals surface area (Å²) in [5.74, 6) is 0.280. The highest BCUT2D eigenvalue weighted by molar-refractivity contribution is 5.99. The van der Waals surface area contributed by atoms with Gasteiger partial charge in [-0.25, -0.2) is 0 Å². The molecular weight excluding hydrogens is 298 g/mol. The molecule has 1 fully saturated rings. The quantitative estimate of drug-likeness (QED) is 0.793. The molecule has 0 unspecified atom stereocenters. The van der Waals surface area contributed by atoms with Crippen LogP contribution in [0.15, 0.2) is 0 Å². The highest BCUT2D eigenvalue weighted by Crippen LogP contribution is 2.27. The monoisotopic (exact) mass is 325 g/mol. The van der Waals surface area contributed by atoms with Gasteiger partial charge in [-0.2, -0.15) is 0 Å². The fourth-order valence-corrected chi connectivity index (χ4v) is 3.13. The molecule has 124 valence electrons. The van der Waals surface area contributed by atoms with Gasteiger partial charge >= 0.3 is 0 Å². The molecular formula is C18H28ClNO2. The van der Waals surface area contributed by atoms with Crippen molar-refractivity contribution in [3.8, 4) is 0 Å². The van der Waals surface area contributed by atoms with Crippen LogP contribution < -0.4 is 0 Å². The lowest BCUT2D eigenvalue weighted by molar-refractivity contribution is 0.0370. The smallest absolute Gasteiger partial charge is 0.164 e. The lowest BCUT2D eigenvalue weighted by atomic mass is 9.87. The maximum Gasteiger partial charge on any atom is 0.164 e. The van der Waals surface area contributed by atoms with Crippen molar-refractivity contribution in [3.63, 3.8) is 0 Å². The van der Waals surface area contributed by atoms with Gasteiger partial charge in [0.05, 0.1) is 13.2 Å². The van der Waals surface area contributed by atoms with Gasteiger partial charge in [0.15, 0.2) is 5.78 Å². The standard InChI is InChI=1S/C18H27NO2.ClH/c1-12-13(2)15(4)18(16(5)14(12)3)17(20)6-7-19-8-10-21-11-9-19;/h6-11H2,1-5H3;1H. The van der Waals surface area contributed by atoms with Gasteiger partial charge in [0, 0.05) is 31.6 Å². The third-order valence-corrected chi connectivity index (χ3v) is 5.04. The SMILES string of the molecule is Cc1c(C)c(C)c(C(=O)CCN2CCOCC2)c(C)c1C.Cl. The first-order chi connectivity index (χ1) is 9.93. The van der Waals surface area contributed by atoms with Gasteiger partial charge in [-0.15, -0.1) is 12.4 Å². The molecule has 0 atom stereocenters. The topological polar surface area (TPSA) is 29.5 Å². The molecule has 4 heteroatoms. The number of ether oxygens (including phenoxy) is 1. The van der Waals surface area contributed by atoms with E-state index in [0.29, 0.717) is 6.42 Å². The summed E-state index contributed by atoms with van der Waals surface area (Å²) in [6.07, 6.45) is 0.601. The summed E-state index contributed by atoms with van der Waals surface area (Å²) in [6, 6.07) is 0. The Kier molecular flexibility index (Phi) is 7.04. The lowest BCUT2D eigenvalue weighted by Gasteiger charge is -2.26. The summed E-state index contributed by atoms with van der Waals surface area (Å²) in [6.45, 7) is 14.8. The van der Waals surface area contributed by atoms with Gasteiger partial charge in [-0.3, -0.25) is 9.69 Å². The van der Waals surface area contributed by atoms with Crippen LogP contribution in [0.5, 0.6) is 0 Å². The normalized spacial score (nSPS) is 15.5. The Morgan fingerprint density at radius 3 is 1.86 bits per heavy atom. The second-order valence-corrected chi connectivity index (χ2v) is 6.13. The third-order valence-electron chi connectivity index (χ3n) is 5.04. The van der Waals surface area contributed by atoms with Gasteiger partial charge in [0.2, 0.25) is 0 Å². The molecule has 0 spiro atoms. The van der Waals surface area contributed by atoms with E-state index in [1.165, 1.54) is 16.7 Å². The molecule has 1 saturated heterocycles. The molecule has 1 aliphatic heterocycles. The zero-order chi connectivity index (χ0) is 15.6. The third kappa shape index (κ3) is 3.89. The minimum Gasteiger partial charge on any atom is -0.379 e. The van der Waals surface area contributed by atoms with Crippen LogP contribution in [0.1, 0.15) is 44.6 Å². The van der Waals surface area contributed by atoms with Crippen molar-refractivity contribution in [3.05, 3.63) is 33.4 Å². The predicted molar refractivity (Wildman–Crippen MR) is 93.6 cm³/mol. The second-order valence-electron chi connectivity index (χ2n) is 6.13. The minimum atomic E-state index is 0. The molecule has 22 heavy (non-hydrogen) atoms. The van der Waals surface area contributed by atoms with Gasteiger partial charge in [0.1, 0.15) is 0 Å². The van der Waals surface area contributed by atoms with Crippen LogP contribution in [0, 0.1) is 34.6 Å². The van der Waals surface area contributed by atoms with Crippen LogP contribution >= 0.6 is 12.4 Å². The van der Waals surface area contributed by atoms with Crippen molar-refractivity contribution in [2.45, 2.75) is 41.0 Å². The van der Waals surface area contributed by atoms with Crippen LogP contribution in [-0.2, 0) is 4.74 Å². The Morgan fingerprint density at radius 1 is 0.909 bits per heavy atom. The van der Waals surface area contributed by atoms with Crippen LogP contribution in [0.2, 0.25) is 0 Å². The molecule has 0 bridgehead atoms. The molecule has 0 saturated carbocycles. The molecule has 3 nitrogen and oxygen atoms in total. The number of morpholine rings is 1. The first-order valence-corrected chi connectivity index (χ1v) is 7.83. The molecule has 0 aromatic heterocycles. The maximum absolute atomic E-state index is 12.7. The van der Waals surface area contributed by atoms with Crippen LogP contribution in [0.25, 0.3) is 0 Å². The first kappa shape index (κ1) is 19.1. The molecule has 0 aliphatic carbocycles. The van der Waals surface area contributed by atoms with Gasteiger partial charge in [-0.05, 0) is 62.4 Å². The molecule has 1 aromatic rings. The number of nitrogens with zero attached hydrogens (tertiary/aromatic N) is 1. The van der Waals surface area contributed by atoms with E-state index in [1.54, 1.807) is 0 Å². The largest absolute Gasteiger partial charge is 0.379 e. The maximum atomic E-state index is 12.7. The Morgan fingerprint density at radius 2 is 1.36 bits per heavy atom. The highest BCUT2D eigenvalue weighted by Gasteiger charge is 2.19. The van der Waals surface area contributed by atoms with E-state index in [4.69, 9.17) is 4.74 Å². The molecule has 1 aromatic carbocycles. The number of hydrogen-bond acceptors (Lipinski definition) is 3. The van der Waals surface area contributed by atoms with Crippen LogP contribution in [0.4, 0.5) is 0 Å². The summed E-state index contributed by atoms with van der Waals surface area (Å²) in [4.78, 5) is 15.0. The molecule has 0 amide bonds. The molecule has 1 heterocycles. The first-order valence-electron chi connectivity index (χ1n) is 7.83. The minimum absolute atomic E-state index is 0. The predicted octanol–water partition coefficient (Wildman–Crippen LogP) is 3.56. The summed E-state index contributed by atoms with van der Waals surface area (Å²) in [7, 11) is 0. The van der Waals surface area contributed by atoms with E-state index >= 15 is 0 Å². The van der Waals surface area contributed by atoms with E-state index in [9.17, 15) is 4.79 Å². The second kappa shape index (κ2) is 8.09. The molecule has 2 rings (SSSR count). The molecule has 0 radical (unpaired) electrons. The number of ketones is 1. The van der Waals surface area contributed by atoms with Crippen molar-refractivity contribution < 1.29 is 9.53 Å². The Bertz CT molecular complexity index is 520. The van der Waals surface area contributed by atoms with Crippen LogP contribution in [-0.4, -0.2) is 43.5 Å². The number of carbonyl (C=O) groups is 1. The molecule has 0 N–H and O–H groups in total. The van der Waals surface area contributed by atoms with Crippen LogP contribution in [0.3, 0.4) is 0 Å². The average Bonchev–Trinajstić information content (AvgIpc) is 2.50. The number of halogens is 1. The summed E-state index contributed by atoms with van der Waals surface area (Å²) < 4.78 is 5.35. The van der Waals surface area contributed by atoms with Crippen molar-refractivity contribution in [1.82, 2.24) is 4.90 Å². The number of hydrogen-bond donors (Lipinski definition) is 0. The van der Waals surface area contributed by atoms with Crippen molar-refractivity contribution in [1.29, 1.82) is 0 Å². The zero-order valence-electron chi connectivity index (χ0n) is 14.4. The summed E-state index contributed by atoms with van der Waals surface area (Å²) in [5, 5.41) is 0. The van der Waals surface area contributed by atoms with E-state index in [2.05, 4.69) is 39.5 Å². The van der Waals surface area contributed by atoms with Gasteiger partial charge < -0.3 is 4.74 Å². The zero-order valence-corrected chi connectivity index (χ0v) is 15.2. The Balaban J connectivity index is 0.00000242. The average molecular weight is 326 g/mol. The number of carbonyl (C=O) groups excluding carboxylic acids is 1. The number of Topliss-reactive ketones (excluding diaryl/α,β-unsaturated/α-hetero) is 1. The Labute approximate surface area is 140 Å². The fourth-order valence-electron chi connectivity index (χ4n) is 3.13. The van der Waals surface area contributed by atoms with E-state index in [0.717, 1.165) is 49.5 Å². The van der Waals surface area contributed by atoms with Crippen molar-refractivity contribution in [2.24, 2.45) is 0 Å². The Hall–Kier alpha value is -0.900. The summed E-state index contributed by atoms with van der Waals surface area (Å²) in [5.41, 5.74) is 7.09. The summed E-state index contributed by atoms with van der Waals surface area (Å²) >= 11 is 0. The van der Waals surface area contributed by atoms with Crippen molar-refractivity contribution in [2.75, 3.05) is 32.8 Å². The number of benzene rings is 1.